The first kappa shape index (κ1) is 27.4. The van der Waals surface area contributed by atoms with E-state index >= 15 is 0 Å². The van der Waals surface area contributed by atoms with Gasteiger partial charge in [-0.25, -0.2) is 9.37 Å². The first-order valence-corrected chi connectivity index (χ1v) is 14.0. The van der Waals surface area contributed by atoms with Gasteiger partial charge in [-0.3, -0.25) is 9.69 Å². The molecule has 1 fully saturated rings. The first-order chi connectivity index (χ1) is 20.6. The Kier molecular flexibility index (Phi) is 7.84. The number of amides is 1. The molecule has 7 heteroatoms. The van der Waals surface area contributed by atoms with Crippen molar-refractivity contribution in [1.82, 2.24) is 14.8 Å². The van der Waals surface area contributed by atoms with Crippen LogP contribution in [0, 0.1) is 5.82 Å². The second-order valence-electron chi connectivity index (χ2n) is 10.3. The van der Waals surface area contributed by atoms with Crippen molar-refractivity contribution >= 4 is 16.8 Å². The number of pyridine rings is 1. The topological polar surface area (TPSA) is 54.9 Å². The quantitative estimate of drug-likeness (QED) is 0.224. The van der Waals surface area contributed by atoms with Crippen LogP contribution in [0.1, 0.15) is 27.5 Å². The number of aromatic nitrogens is 1. The minimum absolute atomic E-state index is 0.0923. The number of piperazine rings is 1. The van der Waals surface area contributed by atoms with Crippen LogP contribution < -0.4 is 9.47 Å². The van der Waals surface area contributed by atoms with E-state index in [0.717, 1.165) is 5.56 Å². The normalized spacial score (nSPS) is 13.9. The Hall–Kier alpha value is -4.75. The van der Waals surface area contributed by atoms with E-state index in [2.05, 4.69) is 53.4 Å². The van der Waals surface area contributed by atoms with Crippen LogP contribution in [0.4, 0.5) is 4.39 Å². The molecule has 42 heavy (non-hydrogen) atoms. The van der Waals surface area contributed by atoms with Crippen LogP contribution in [0.5, 0.6) is 11.5 Å². The fourth-order valence-electron chi connectivity index (χ4n) is 5.76. The zero-order valence-electron chi connectivity index (χ0n) is 23.7. The molecule has 6 nitrogen and oxygen atoms in total. The summed E-state index contributed by atoms with van der Waals surface area (Å²) in [5, 5.41) is 0.491. The van der Waals surface area contributed by atoms with Gasteiger partial charge in [0, 0.05) is 43.2 Å². The number of methoxy groups -OCH3 is 2. The van der Waals surface area contributed by atoms with Gasteiger partial charge in [-0.1, -0.05) is 60.7 Å². The number of hydrogen-bond acceptors (Lipinski definition) is 5. The second-order valence-corrected chi connectivity index (χ2v) is 10.3. The summed E-state index contributed by atoms with van der Waals surface area (Å²) in [7, 11) is 3.17. The van der Waals surface area contributed by atoms with Gasteiger partial charge in [0.25, 0.3) is 5.91 Å². The van der Waals surface area contributed by atoms with Crippen molar-refractivity contribution in [3.8, 4) is 22.8 Å². The maximum Gasteiger partial charge on any atom is 0.254 e. The third-order valence-electron chi connectivity index (χ3n) is 7.88. The van der Waals surface area contributed by atoms with E-state index < -0.39 is 5.82 Å². The van der Waals surface area contributed by atoms with Crippen molar-refractivity contribution in [1.29, 1.82) is 0 Å². The Labute approximate surface area is 244 Å². The number of hydrogen-bond donors (Lipinski definition) is 0. The maximum absolute atomic E-state index is 14.4. The molecule has 0 aliphatic carbocycles. The predicted molar refractivity (Wildman–Crippen MR) is 162 cm³/mol. The monoisotopic (exact) mass is 561 g/mol. The molecule has 0 spiro atoms. The molecule has 1 saturated heterocycles. The molecule has 0 saturated carbocycles. The third-order valence-corrected chi connectivity index (χ3v) is 7.88. The van der Waals surface area contributed by atoms with Gasteiger partial charge < -0.3 is 14.4 Å². The van der Waals surface area contributed by atoms with Crippen LogP contribution in [0.2, 0.25) is 0 Å². The molecule has 5 aromatic rings. The van der Waals surface area contributed by atoms with Gasteiger partial charge in [0.05, 0.1) is 37.0 Å². The lowest BCUT2D eigenvalue weighted by Crippen LogP contribution is -2.49. The zero-order valence-corrected chi connectivity index (χ0v) is 23.7. The SMILES string of the molecule is COc1ccc(-c2cc(C(=O)N3CCN(C(c4ccccc4)c4ccccc4)CC3)c3cc(F)ccc3n2)c(OC)c1. The zero-order chi connectivity index (χ0) is 29.1. The van der Waals surface area contributed by atoms with E-state index in [4.69, 9.17) is 14.5 Å². The minimum Gasteiger partial charge on any atom is -0.497 e. The summed E-state index contributed by atoms with van der Waals surface area (Å²) in [6.07, 6.45) is 0. The molecule has 0 radical (unpaired) electrons. The molecular weight excluding hydrogens is 529 g/mol. The second kappa shape index (κ2) is 12.0. The molecule has 0 N–H and O–H groups in total. The summed E-state index contributed by atoms with van der Waals surface area (Å²) in [5.74, 6) is 0.670. The van der Waals surface area contributed by atoms with Gasteiger partial charge in [-0.05, 0) is 47.5 Å². The molecule has 0 atom stereocenters. The van der Waals surface area contributed by atoms with Gasteiger partial charge in [0.2, 0.25) is 0 Å². The highest BCUT2D eigenvalue weighted by Gasteiger charge is 2.29. The summed E-state index contributed by atoms with van der Waals surface area (Å²) < 4.78 is 25.4. The minimum atomic E-state index is -0.411. The maximum atomic E-state index is 14.4. The number of nitrogens with zero attached hydrogens (tertiary/aromatic N) is 3. The van der Waals surface area contributed by atoms with E-state index in [1.165, 1.54) is 23.3 Å². The number of carbonyl (C=O) groups is 1. The van der Waals surface area contributed by atoms with Crippen LogP contribution >= 0.6 is 0 Å². The number of rotatable bonds is 7. The molecule has 1 aliphatic rings. The first-order valence-electron chi connectivity index (χ1n) is 14.0. The molecule has 212 valence electrons. The van der Waals surface area contributed by atoms with E-state index in [1.807, 2.05) is 29.2 Å². The van der Waals surface area contributed by atoms with E-state index in [9.17, 15) is 9.18 Å². The summed E-state index contributed by atoms with van der Waals surface area (Å²) in [5.41, 5.74) is 4.69. The lowest BCUT2D eigenvalue weighted by Gasteiger charge is -2.40. The summed E-state index contributed by atoms with van der Waals surface area (Å²) in [6, 6.07) is 32.6. The van der Waals surface area contributed by atoms with Crippen LogP contribution in [-0.2, 0) is 0 Å². The highest BCUT2D eigenvalue weighted by molar-refractivity contribution is 6.07. The predicted octanol–water partition coefficient (Wildman–Crippen LogP) is 6.61. The van der Waals surface area contributed by atoms with Gasteiger partial charge in [0.1, 0.15) is 17.3 Å². The molecule has 0 bridgehead atoms. The Morgan fingerprint density at radius 1 is 0.786 bits per heavy atom. The highest BCUT2D eigenvalue weighted by Crippen LogP contribution is 2.35. The van der Waals surface area contributed by atoms with Crippen molar-refractivity contribution in [2.24, 2.45) is 0 Å². The number of carbonyl (C=O) groups excluding carboxylic acids is 1. The van der Waals surface area contributed by atoms with Crippen LogP contribution in [0.3, 0.4) is 0 Å². The van der Waals surface area contributed by atoms with Crippen molar-refractivity contribution in [2.45, 2.75) is 6.04 Å². The smallest absolute Gasteiger partial charge is 0.254 e. The number of ether oxygens (including phenoxy) is 2. The molecule has 1 amide bonds. The lowest BCUT2D eigenvalue weighted by atomic mass is 9.96. The number of benzene rings is 4. The molecule has 1 aliphatic heterocycles. The Morgan fingerprint density at radius 3 is 2.07 bits per heavy atom. The highest BCUT2D eigenvalue weighted by atomic mass is 19.1. The molecule has 4 aromatic carbocycles. The third kappa shape index (κ3) is 5.43. The van der Waals surface area contributed by atoms with Gasteiger partial charge in [-0.15, -0.1) is 0 Å². The van der Waals surface area contributed by atoms with Crippen molar-refractivity contribution in [3.63, 3.8) is 0 Å². The summed E-state index contributed by atoms with van der Waals surface area (Å²) in [4.78, 5) is 23.1. The van der Waals surface area contributed by atoms with Gasteiger partial charge >= 0.3 is 0 Å². The number of halogens is 1. The van der Waals surface area contributed by atoms with E-state index in [1.54, 1.807) is 32.4 Å². The fourth-order valence-corrected chi connectivity index (χ4v) is 5.76. The Balaban J connectivity index is 1.31. The van der Waals surface area contributed by atoms with Crippen molar-refractivity contribution in [3.05, 3.63) is 126 Å². The van der Waals surface area contributed by atoms with Crippen LogP contribution in [-0.4, -0.2) is 61.1 Å². The molecule has 6 rings (SSSR count). The summed E-state index contributed by atoms with van der Waals surface area (Å²) >= 11 is 0. The van der Waals surface area contributed by atoms with Crippen LogP contribution in [0.15, 0.2) is 103 Å². The van der Waals surface area contributed by atoms with Gasteiger partial charge in [0.15, 0.2) is 0 Å². The summed E-state index contributed by atoms with van der Waals surface area (Å²) in [6.45, 7) is 2.51. The Bertz CT molecular complexity index is 1660. The fraction of sp³-hybridized carbons (Fsp3) is 0.200. The van der Waals surface area contributed by atoms with Crippen molar-refractivity contribution < 1.29 is 18.7 Å². The molecule has 1 aromatic heterocycles. The molecular formula is C35H32FN3O3. The van der Waals surface area contributed by atoms with Crippen molar-refractivity contribution in [2.75, 3.05) is 40.4 Å². The van der Waals surface area contributed by atoms with E-state index in [0.29, 0.717) is 59.8 Å². The molecule has 2 heterocycles. The number of fused-ring (bicyclic) bond motifs is 1. The average Bonchev–Trinajstić information content (AvgIpc) is 3.05. The largest absolute Gasteiger partial charge is 0.497 e. The van der Waals surface area contributed by atoms with Crippen LogP contribution in [0.25, 0.3) is 22.2 Å². The Morgan fingerprint density at radius 2 is 1.45 bits per heavy atom. The average molecular weight is 562 g/mol. The van der Waals surface area contributed by atoms with Gasteiger partial charge in [-0.2, -0.15) is 0 Å². The molecule has 0 unspecified atom stereocenters. The standard InChI is InChI=1S/C35H32FN3O3/c1-41-27-14-15-28(33(22-27)42-2)32-23-30(29-21-26(36)13-16-31(29)37-32)35(40)39-19-17-38(18-20-39)34(24-9-5-3-6-10-24)25-11-7-4-8-12-25/h3-16,21-23,34H,17-20H2,1-2H3. The lowest BCUT2D eigenvalue weighted by molar-refractivity contribution is 0.0599. The van der Waals surface area contributed by atoms with E-state index in [-0.39, 0.29) is 11.9 Å².